The van der Waals surface area contributed by atoms with E-state index in [0.717, 1.165) is 22.7 Å². The summed E-state index contributed by atoms with van der Waals surface area (Å²) in [6, 6.07) is 61.0. The van der Waals surface area contributed by atoms with E-state index in [1.165, 1.54) is 49.2 Å². The highest BCUT2D eigenvalue weighted by molar-refractivity contribution is 6.13. The molecule has 9 rings (SSSR count). The van der Waals surface area contributed by atoms with Crippen LogP contribution in [0.4, 0.5) is 17.1 Å². The molecule has 0 saturated carbocycles. The summed E-state index contributed by atoms with van der Waals surface area (Å²) in [5.41, 5.74) is 9.30. The Balaban J connectivity index is 1.20. The zero-order valence-electron chi connectivity index (χ0n) is 24.6. The lowest BCUT2D eigenvalue weighted by atomic mass is 10.1. The van der Waals surface area contributed by atoms with Gasteiger partial charge >= 0.3 is 0 Å². The van der Waals surface area contributed by atoms with Crippen LogP contribution in [0.25, 0.3) is 54.9 Å². The van der Waals surface area contributed by atoms with Crippen molar-refractivity contribution in [3.63, 3.8) is 0 Å². The second-order valence-corrected chi connectivity index (χ2v) is 11.5. The molecule has 0 saturated heterocycles. The van der Waals surface area contributed by atoms with Crippen LogP contribution in [0.3, 0.4) is 0 Å². The first kappa shape index (κ1) is 25.4. The first-order valence-electron chi connectivity index (χ1n) is 15.4. The topological polar surface area (TPSA) is 13.1 Å². The van der Waals surface area contributed by atoms with Crippen LogP contribution >= 0.6 is 0 Å². The third-order valence-electron chi connectivity index (χ3n) is 8.89. The number of fused-ring (bicyclic) bond motifs is 5. The van der Waals surface area contributed by atoms with Gasteiger partial charge < -0.3 is 14.0 Å². The van der Waals surface area contributed by atoms with Crippen LogP contribution < -0.4 is 4.90 Å². The second-order valence-electron chi connectivity index (χ2n) is 11.5. The highest BCUT2D eigenvalue weighted by Gasteiger charge is 2.17. The van der Waals surface area contributed by atoms with E-state index in [2.05, 4.69) is 190 Å². The van der Waals surface area contributed by atoms with Crippen LogP contribution in [-0.4, -0.2) is 9.13 Å². The van der Waals surface area contributed by atoms with Gasteiger partial charge in [-0.25, -0.2) is 0 Å². The predicted octanol–water partition coefficient (Wildman–Crippen LogP) is 11.4. The van der Waals surface area contributed by atoms with Gasteiger partial charge in [0.05, 0.1) is 16.6 Å². The number of hydrogen-bond donors (Lipinski definition) is 0. The van der Waals surface area contributed by atoms with Gasteiger partial charge in [0.25, 0.3) is 0 Å². The lowest BCUT2D eigenvalue weighted by Crippen LogP contribution is -2.10. The Morgan fingerprint density at radius 3 is 1.84 bits per heavy atom. The van der Waals surface area contributed by atoms with Gasteiger partial charge in [-0.1, -0.05) is 84.9 Å². The smallest absolute Gasteiger partial charge is 0.0548 e. The van der Waals surface area contributed by atoms with Crippen molar-refractivity contribution in [2.75, 3.05) is 4.90 Å². The number of benzene rings is 7. The fourth-order valence-corrected chi connectivity index (χ4v) is 6.78. The normalized spacial score (nSPS) is 11.6. The van der Waals surface area contributed by atoms with E-state index in [4.69, 9.17) is 0 Å². The van der Waals surface area contributed by atoms with E-state index in [9.17, 15) is 0 Å². The molecule has 0 aliphatic heterocycles. The number of para-hydroxylation sites is 3. The first-order valence-corrected chi connectivity index (χ1v) is 15.4. The number of rotatable bonds is 5. The summed E-state index contributed by atoms with van der Waals surface area (Å²) < 4.78 is 4.68. The second kappa shape index (κ2) is 10.3. The molecule has 0 atom stereocenters. The monoisotopic (exact) mass is 575 g/mol. The Morgan fingerprint density at radius 1 is 0.356 bits per heavy atom. The van der Waals surface area contributed by atoms with Gasteiger partial charge in [0.2, 0.25) is 0 Å². The minimum absolute atomic E-state index is 1.11. The highest BCUT2D eigenvalue weighted by atomic mass is 15.1. The first-order chi connectivity index (χ1) is 22.3. The lowest BCUT2D eigenvalue weighted by molar-refractivity contribution is 1.13. The van der Waals surface area contributed by atoms with Crippen molar-refractivity contribution < 1.29 is 0 Å². The van der Waals surface area contributed by atoms with Crippen LogP contribution in [0.15, 0.2) is 176 Å². The maximum atomic E-state index is 2.40. The maximum absolute atomic E-state index is 2.40. The molecule has 3 heteroatoms. The van der Waals surface area contributed by atoms with Crippen LogP contribution in [0.1, 0.15) is 0 Å². The highest BCUT2D eigenvalue weighted by Crippen LogP contribution is 2.39. The Labute approximate surface area is 261 Å². The molecular weight excluding hydrogens is 546 g/mol. The summed E-state index contributed by atoms with van der Waals surface area (Å²) in [6.07, 6.45) is 2.17. The fourth-order valence-electron chi connectivity index (χ4n) is 6.78. The van der Waals surface area contributed by atoms with Crippen molar-refractivity contribution in [1.82, 2.24) is 9.13 Å². The van der Waals surface area contributed by atoms with Crippen molar-refractivity contribution in [3.8, 4) is 11.4 Å². The average molecular weight is 576 g/mol. The summed E-state index contributed by atoms with van der Waals surface area (Å²) in [7, 11) is 0. The van der Waals surface area contributed by atoms with Crippen molar-refractivity contribution in [3.05, 3.63) is 176 Å². The Kier molecular flexibility index (Phi) is 5.82. The van der Waals surface area contributed by atoms with Crippen LogP contribution in [0.5, 0.6) is 0 Å². The van der Waals surface area contributed by atoms with Gasteiger partial charge in [-0.15, -0.1) is 0 Å². The largest absolute Gasteiger partial charge is 0.317 e. The van der Waals surface area contributed by atoms with Crippen LogP contribution in [0.2, 0.25) is 0 Å². The molecule has 212 valence electrons. The zero-order valence-corrected chi connectivity index (χ0v) is 24.6. The van der Waals surface area contributed by atoms with E-state index in [1.54, 1.807) is 0 Å². The van der Waals surface area contributed by atoms with Crippen molar-refractivity contribution in [1.29, 1.82) is 0 Å². The van der Waals surface area contributed by atoms with Crippen molar-refractivity contribution >= 4 is 60.5 Å². The molecule has 0 bridgehead atoms. The van der Waals surface area contributed by atoms with Gasteiger partial charge in [0, 0.05) is 50.8 Å². The number of aromatic nitrogens is 2. The summed E-state index contributed by atoms with van der Waals surface area (Å²) in [6.45, 7) is 0. The van der Waals surface area contributed by atoms with E-state index < -0.39 is 0 Å². The number of nitrogens with zero attached hydrogens (tertiary/aromatic N) is 3. The lowest BCUT2D eigenvalue weighted by Gasteiger charge is -2.26. The summed E-state index contributed by atoms with van der Waals surface area (Å²) in [5, 5.41) is 6.19. The van der Waals surface area contributed by atoms with Crippen LogP contribution in [-0.2, 0) is 0 Å². The van der Waals surface area contributed by atoms with Gasteiger partial charge in [0.1, 0.15) is 0 Å². The SMILES string of the molecule is c1ccc(N(c2ccc(-n3c4ccccc4c4cc5c(ccn5-c5ccccc5)cc43)cc2)c2ccc3ccccc3c2)cc1. The molecule has 45 heavy (non-hydrogen) atoms. The summed E-state index contributed by atoms with van der Waals surface area (Å²) in [4.78, 5) is 2.33. The maximum Gasteiger partial charge on any atom is 0.0548 e. The Bertz CT molecular complexity index is 2470. The molecule has 0 unspecified atom stereocenters. The molecule has 9 aromatic rings. The van der Waals surface area contributed by atoms with Crippen molar-refractivity contribution in [2.24, 2.45) is 0 Å². The summed E-state index contributed by atoms with van der Waals surface area (Å²) in [5.74, 6) is 0. The third-order valence-corrected chi connectivity index (χ3v) is 8.89. The molecular formula is C42H29N3. The zero-order chi connectivity index (χ0) is 29.7. The Morgan fingerprint density at radius 2 is 1.02 bits per heavy atom. The third kappa shape index (κ3) is 4.21. The quantitative estimate of drug-likeness (QED) is 0.199. The molecule has 7 aromatic carbocycles. The molecule has 0 N–H and O–H groups in total. The molecule has 0 spiro atoms. The number of anilines is 3. The van der Waals surface area contributed by atoms with E-state index >= 15 is 0 Å². The molecule has 3 nitrogen and oxygen atoms in total. The van der Waals surface area contributed by atoms with Crippen molar-refractivity contribution in [2.45, 2.75) is 0 Å². The van der Waals surface area contributed by atoms with Gasteiger partial charge in [0.15, 0.2) is 0 Å². The predicted molar refractivity (Wildman–Crippen MR) is 190 cm³/mol. The fraction of sp³-hybridized carbons (Fsp3) is 0. The standard InChI is InChI=1S/C42H29N3/c1-3-13-33(14-4-1)43-26-25-32-28-42-39(29-41(32)43)38-17-9-10-18-40(38)45(42)36-23-21-35(22-24-36)44(34-15-5-2-6-16-34)37-20-19-30-11-7-8-12-31(30)27-37/h1-29H. The molecule has 0 amide bonds. The minimum Gasteiger partial charge on any atom is -0.317 e. The molecule has 0 radical (unpaired) electrons. The Hall–Kier alpha value is -6.06. The molecule has 2 heterocycles. The van der Waals surface area contributed by atoms with E-state index in [0.29, 0.717) is 0 Å². The van der Waals surface area contributed by atoms with Gasteiger partial charge in [-0.3, -0.25) is 0 Å². The average Bonchev–Trinajstić information content (AvgIpc) is 3.67. The van der Waals surface area contributed by atoms with E-state index in [-0.39, 0.29) is 0 Å². The molecule has 0 fully saturated rings. The molecule has 2 aromatic heterocycles. The minimum atomic E-state index is 1.11. The molecule has 0 aliphatic rings. The van der Waals surface area contributed by atoms with E-state index in [1.807, 2.05) is 0 Å². The van der Waals surface area contributed by atoms with Gasteiger partial charge in [-0.2, -0.15) is 0 Å². The summed E-state index contributed by atoms with van der Waals surface area (Å²) >= 11 is 0. The number of hydrogen-bond acceptors (Lipinski definition) is 1. The van der Waals surface area contributed by atoms with Crippen LogP contribution in [0, 0.1) is 0 Å². The van der Waals surface area contributed by atoms with Gasteiger partial charge in [-0.05, 0) is 95.7 Å². The molecule has 0 aliphatic carbocycles.